The van der Waals surface area contributed by atoms with Gasteiger partial charge in [-0.15, -0.1) is 0 Å². The highest BCUT2D eigenvalue weighted by molar-refractivity contribution is 6.31. The van der Waals surface area contributed by atoms with Gasteiger partial charge in [-0.25, -0.2) is 0 Å². The van der Waals surface area contributed by atoms with Gasteiger partial charge >= 0.3 is 0 Å². The van der Waals surface area contributed by atoms with E-state index in [-0.39, 0.29) is 0 Å². The van der Waals surface area contributed by atoms with Crippen molar-refractivity contribution in [2.75, 3.05) is 23.7 Å². The first-order valence-corrected chi connectivity index (χ1v) is 5.86. The van der Waals surface area contributed by atoms with E-state index >= 15 is 0 Å². The van der Waals surface area contributed by atoms with E-state index in [4.69, 9.17) is 17.3 Å². The fourth-order valence-electron chi connectivity index (χ4n) is 1.61. The number of rotatable bonds is 5. The Bertz CT molecular complexity index is 312. The molecule has 2 nitrogen and oxygen atoms in total. The van der Waals surface area contributed by atoms with E-state index in [1.807, 2.05) is 18.2 Å². The zero-order valence-corrected chi connectivity index (χ0v) is 10.2. The Morgan fingerprint density at radius 3 is 2.60 bits per heavy atom. The molecule has 0 atom stereocenters. The molecule has 15 heavy (non-hydrogen) atoms. The Balaban J connectivity index is 2.81. The van der Waals surface area contributed by atoms with Crippen molar-refractivity contribution in [3.8, 4) is 0 Å². The molecule has 0 aliphatic carbocycles. The Kier molecular flexibility index (Phi) is 4.76. The zero-order valence-electron chi connectivity index (χ0n) is 9.46. The van der Waals surface area contributed by atoms with E-state index in [2.05, 4.69) is 18.7 Å². The second-order valence-corrected chi connectivity index (χ2v) is 4.07. The first-order chi connectivity index (χ1) is 7.19. The van der Waals surface area contributed by atoms with Gasteiger partial charge in [0.1, 0.15) is 0 Å². The fraction of sp³-hybridized carbons (Fsp3) is 0.500. The van der Waals surface area contributed by atoms with Crippen LogP contribution in [0.25, 0.3) is 0 Å². The molecule has 84 valence electrons. The SMILES string of the molecule is CCCCN(CC)c1ccc(Cl)cc1N. The third-order valence-corrected chi connectivity index (χ3v) is 2.73. The molecule has 0 aliphatic rings. The highest BCUT2D eigenvalue weighted by Gasteiger charge is 2.07. The van der Waals surface area contributed by atoms with Gasteiger partial charge in [0.2, 0.25) is 0 Å². The highest BCUT2D eigenvalue weighted by atomic mass is 35.5. The van der Waals surface area contributed by atoms with Crippen molar-refractivity contribution in [3.63, 3.8) is 0 Å². The maximum Gasteiger partial charge on any atom is 0.0600 e. The summed E-state index contributed by atoms with van der Waals surface area (Å²) < 4.78 is 0. The van der Waals surface area contributed by atoms with Crippen molar-refractivity contribution in [2.24, 2.45) is 0 Å². The lowest BCUT2D eigenvalue weighted by Crippen LogP contribution is -2.24. The Morgan fingerprint density at radius 2 is 2.07 bits per heavy atom. The molecule has 2 N–H and O–H groups in total. The van der Waals surface area contributed by atoms with E-state index in [1.165, 1.54) is 12.8 Å². The third-order valence-electron chi connectivity index (χ3n) is 2.49. The van der Waals surface area contributed by atoms with Crippen LogP contribution in [0.3, 0.4) is 0 Å². The molecule has 0 heterocycles. The maximum atomic E-state index is 5.94. The van der Waals surface area contributed by atoms with Crippen LogP contribution in [0.1, 0.15) is 26.7 Å². The Morgan fingerprint density at radius 1 is 1.33 bits per heavy atom. The first-order valence-electron chi connectivity index (χ1n) is 5.49. The maximum absolute atomic E-state index is 5.94. The summed E-state index contributed by atoms with van der Waals surface area (Å²) in [7, 11) is 0. The molecule has 0 saturated heterocycles. The minimum atomic E-state index is 0.697. The predicted molar refractivity (Wildman–Crippen MR) is 68.7 cm³/mol. The van der Waals surface area contributed by atoms with Crippen LogP contribution in [-0.2, 0) is 0 Å². The number of nitrogens with zero attached hydrogens (tertiary/aromatic N) is 1. The number of halogens is 1. The van der Waals surface area contributed by atoms with Crippen molar-refractivity contribution in [2.45, 2.75) is 26.7 Å². The highest BCUT2D eigenvalue weighted by Crippen LogP contribution is 2.26. The number of hydrogen-bond donors (Lipinski definition) is 1. The molecule has 0 unspecified atom stereocenters. The van der Waals surface area contributed by atoms with Crippen LogP contribution in [0.15, 0.2) is 18.2 Å². The number of benzene rings is 1. The number of nitrogens with two attached hydrogens (primary N) is 1. The summed E-state index contributed by atoms with van der Waals surface area (Å²) >= 11 is 5.87. The molecule has 1 rings (SSSR count). The van der Waals surface area contributed by atoms with Gasteiger partial charge < -0.3 is 10.6 Å². The van der Waals surface area contributed by atoms with E-state index in [0.29, 0.717) is 5.02 Å². The number of hydrogen-bond acceptors (Lipinski definition) is 2. The van der Waals surface area contributed by atoms with Gasteiger partial charge in [-0.05, 0) is 31.5 Å². The largest absolute Gasteiger partial charge is 0.397 e. The lowest BCUT2D eigenvalue weighted by Gasteiger charge is -2.24. The van der Waals surface area contributed by atoms with Gasteiger partial charge in [0, 0.05) is 18.1 Å². The van der Waals surface area contributed by atoms with Crippen molar-refractivity contribution in [1.29, 1.82) is 0 Å². The van der Waals surface area contributed by atoms with Crippen LogP contribution >= 0.6 is 11.6 Å². The summed E-state index contributed by atoms with van der Waals surface area (Å²) in [5, 5.41) is 0.697. The summed E-state index contributed by atoms with van der Waals surface area (Å²) in [5.41, 5.74) is 7.80. The monoisotopic (exact) mass is 226 g/mol. The van der Waals surface area contributed by atoms with E-state index < -0.39 is 0 Å². The molecule has 0 amide bonds. The summed E-state index contributed by atoms with van der Waals surface area (Å²) in [6.45, 7) is 6.37. The zero-order chi connectivity index (χ0) is 11.3. The molecule has 0 fully saturated rings. The Labute approximate surface area is 97.0 Å². The predicted octanol–water partition coefficient (Wildman–Crippen LogP) is 3.55. The van der Waals surface area contributed by atoms with Crippen LogP contribution < -0.4 is 10.6 Å². The minimum absolute atomic E-state index is 0.697. The van der Waals surface area contributed by atoms with E-state index in [0.717, 1.165) is 24.5 Å². The molecular weight excluding hydrogens is 208 g/mol. The molecule has 1 aromatic carbocycles. The van der Waals surface area contributed by atoms with Crippen molar-refractivity contribution < 1.29 is 0 Å². The molecule has 0 bridgehead atoms. The summed E-state index contributed by atoms with van der Waals surface area (Å²) in [5.74, 6) is 0. The van der Waals surface area contributed by atoms with Crippen LogP contribution in [0, 0.1) is 0 Å². The molecular formula is C12H19ClN2. The quantitative estimate of drug-likeness (QED) is 0.779. The van der Waals surface area contributed by atoms with Gasteiger partial charge in [-0.2, -0.15) is 0 Å². The molecule has 0 aromatic heterocycles. The second kappa shape index (κ2) is 5.86. The normalized spacial score (nSPS) is 10.3. The van der Waals surface area contributed by atoms with Gasteiger partial charge in [0.05, 0.1) is 11.4 Å². The summed E-state index contributed by atoms with van der Waals surface area (Å²) in [4.78, 5) is 2.29. The molecule has 0 radical (unpaired) electrons. The van der Waals surface area contributed by atoms with Crippen LogP contribution in [0.5, 0.6) is 0 Å². The Hall–Kier alpha value is -0.890. The summed E-state index contributed by atoms with van der Waals surface area (Å²) in [6, 6.07) is 5.70. The number of unbranched alkanes of at least 4 members (excludes halogenated alkanes) is 1. The van der Waals surface area contributed by atoms with Gasteiger partial charge in [-0.3, -0.25) is 0 Å². The number of nitrogen functional groups attached to an aromatic ring is 1. The molecule has 0 aliphatic heterocycles. The average molecular weight is 227 g/mol. The van der Waals surface area contributed by atoms with Crippen molar-refractivity contribution >= 4 is 23.0 Å². The second-order valence-electron chi connectivity index (χ2n) is 3.64. The number of anilines is 2. The van der Waals surface area contributed by atoms with Crippen LogP contribution in [0.4, 0.5) is 11.4 Å². The van der Waals surface area contributed by atoms with Gasteiger partial charge in [0.25, 0.3) is 0 Å². The molecule has 0 saturated carbocycles. The van der Waals surface area contributed by atoms with Gasteiger partial charge in [-0.1, -0.05) is 24.9 Å². The smallest absolute Gasteiger partial charge is 0.0600 e. The third kappa shape index (κ3) is 3.31. The standard InChI is InChI=1S/C12H19ClN2/c1-3-5-8-15(4-2)12-7-6-10(13)9-11(12)14/h6-7,9H,3-5,8,14H2,1-2H3. The first kappa shape index (κ1) is 12.2. The van der Waals surface area contributed by atoms with Crippen molar-refractivity contribution in [1.82, 2.24) is 0 Å². The lowest BCUT2D eigenvalue weighted by atomic mass is 10.2. The minimum Gasteiger partial charge on any atom is -0.397 e. The lowest BCUT2D eigenvalue weighted by molar-refractivity contribution is 0.733. The van der Waals surface area contributed by atoms with E-state index in [1.54, 1.807) is 0 Å². The topological polar surface area (TPSA) is 29.3 Å². The fourth-order valence-corrected chi connectivity index (χ4v) is 1.79. The molecule has 1 aromatic rings. The van der Waals surface area contributed by atoms with Crippen LogP contribution in [-0.4, -0.2) is 13.1 Å². The molecule has 3 heteroatoms. The van der Waals surface area contributed by atoms with Gasteiger partial charge in [0.15, 0.2) is 0 Å². The van der Waals surface area contributed by atoms with Crippen LogP contribution in [0.2, 0.25) is 5.02 Å². The molecule has 0 spiro atoms. The average Bonchev–Trinajstić information content (AvgIpc) is 2.21. The summed E-state index contributed by atoms with van der Waals surface area (Å²) in [6.07, 6.45) is 2.39. The van der Waals surface area contributed by atoms with Crippen molar-refractivity contribution in [3.05, 3.63) is 23.2 Å². The van der Waals surface area contributed by atoms with E-state index in [9.17, 15) is 0 Å².